The lowest BCUT2D eigenvalue weighted by Crippen LogP contribution is -2.34. The highest BCUT2D eigenvalue weighted by molar-refractivity contribution is 7.09. The molecule has 1 rings (SSSR count). The van der Waals surface area contributed by atoms with E-state index in [1.165, 1.54) is 5.01 Å². The summed E-state index contributed by atoms with van der Waals surface area (Å²) >= 11 is 1.72. The molecule has 0 spiro atoms. The fraction of sp³-hybridized carbons (Fsp3) is 0.667. The maximum atomic E-state index is 4.37. The molecule has 0 aliphatic heterocycles. The minimum absolute atomic E-state index is 0.180. The standard InChI is InChI=1S/C9H16N2S/c1-7-6-12-8(11-7)5-10-9(2,3)4/h6,10H,5H2,1-4H3. The van der Waals surface area contributed by atoms with Gasteiger partial charge in [-0.2, -0.15) is 0 Å². The van der Waals surface area contributed by atoms with E-state index in [0.717, 1.165) is 12.2 Å². The van der Waals surface area contributed by atoms with Gasteiger partial charge in [-0.3, -0.25) is 0 Å². The molecule has 0 aliphatic carbocycles. The maximum Gasteiger partial charge on any atom is 0.107 e. The molecule has 1 aromatic heterocycles. The zero-order valence-electron chi connectivity index (χ0n) is 8.14. The van der Waals surface area contributed by atoms with E-state index >= 15 is 0 Å². The Morgan fingerprint density at radius 3 is 2.58 bits per heavy atom. The molecule has 2 nitrogen and oxygen atoms in total. The Morgan fingerprint density at radius 2 is 2.17 bits per heavy atom. The van der Waals surface area contributed by atoms with Gasteiger partial charge < -0.3 is 5.32 Å². The SMILES string of the molecule is Cc1csc(CNC(C)(C)C)n1. The van der Waals surface area contributed by atoms with Gasteiger partial charge in [-0.15, -0.1) is 11.3 Å². The molecule has 3 heteroatoms. The van der Waals surface area contributed by atoms with Crippen molar-refractivity contribution < 1.29 is 0 Å². The minimum atomic E-state index is 0.180. The fourth-order valence-electron chi connectivity index (χ4n) is 0.825. The molecule has 0 saturated carbocycles. The summed E-state index contributed by atoms with van der Waals surface area (Å²) in [6.07, 6.45) is 0. The van der Waals surface area contributed by atoms with Crippen LogP contribution in [0, 0.1) is 6.92 Å². The minimum Gasteiger partial charge on any atom is -0.306 e. The predicted octanol–water partition coefficient (Wildman–Crippen LogP) is 2.34. The van der Waals surface area contributed by atoms with Gasteiger partial charge in [-0.25, -0.2) is 4.98 Å². The van der Waals surface area contributed by atoms with Gasteiger partial charge in [0.1, 0.15) is 5.01 Å². The molecule has 0 saturated heterocycles. The summed E-state index contributed by atoms with van der Waals surface area (Å²) in [5, 5.41) is 6.65. The summed E-state index contributed by atoms with van der Waals surface area (Å²) in [6.45, 7) is 9.38. The third-order valence-corrected chi connectivity index (χ3v) is 2.40. The summed E-state index contributed by atoms with van der Waals surface area (Å²) in [6, 6.07) is 0. The molecular formula is C9H16N2S. The van der Waals surface area contributed by atoms with Crippen molar-refractivity contribution >= 4 is 11.3 Å². The molecular weight excluding hydrogens is 168 g/mol. The normalized spacial score (nSPS) is 12.0. The molecule has 0 atom stereocenters. The third-order valence-electron chi connectivity index (χ3n) is 1.44. The van der Waals surface area contributed by atoms with Crippen LogP contribution in [0.2, 0.25) is 0 Å². The molecule has 0 amide bonds. The average Bonchev–Trinajstić information content (AvgIpc) is 2.30. The van der Waals surface area contributed by atoms with Crippen molar-refractivity contribution in [3.8, 4) is 0 Å². The molecule has 0 aromatic carbocycles. The second-order valence-corrected chi connectivity index (χ2v) is 4.93. The van der Waals surface area contributed by atoms with Crippen molar-refractivity contribution in [3.63, 3.8) is 0 Å². The first-order valence-electron chi connectivity index (χ1n) is 4.13. The third kappa shape index (κ3) is 3.32. The Balaban J connectivity index is 2.44. The molecule has 12 heavy (non-hydrogen) atoms. The first-order valence-corrected chi connectivity index (χ1v) is 5.01. The number of nitrogens with one attached hydrogen (secondary N) is 1. The predicted molar refractivity (Wildman–Crippen MR) is 53.4 cm³/mol. The van der Waals surface area contributed by atoms with Crippen LogP contribution in [0.4, 0.5) is 0 Å². The van der Waals surface area contributed by atoms with Crippen molar-refractivity contribution in [1.82, 2.24) is 10.3 Å². The zero-order chi connectivity index (χ0) is 9.19. The van der Waals surface area contributed by atoms with Crippen LogP contribution in [-0.2, 0) is 6.54 Å². The zero-order valence-corrected chi connectivity index (χ0v) is 8.96. The van der Waals surface area contributed by atoms with E-state index in [0.29, 0.717) is 0 Å². The maximum absolute atomic E-state index is 4.37. The highest BCUT2D eigenvalue weighted by Gasteiger charge is 2.09. The van der Waals surface area contributed by atoms with Crippen molar-refractivity contribution in [2.45, 2.75) is 39.8 Å². The Hall–Kier alpha value is -0.410. The number of hydrogen-bond acceptors (Lipinski definition) is 3. The van der Waals surface area contributed by atoms with Gasteiger partial charge in [0.2, 0.25) is 0 Å². The van der Waals surface area contributed by atoms with Crippen LogP contribution in [0.3, 0.4) is 0 Å². The van der Waals surface area contributed by atoms with Crippen molar-refractivity contribution in [2.24, 2.45) is 0 Å². The number of thiazole rings is 1. The summed E-state index contributed by atoms with van der Waals surface area (Å²) in [5.41, 5.74) is 1.30. The molecule has 0 unspecified atom stereocenters. The van der Waals surface area contributed by atoms with E-state index in [4.69, 9.17) is 0 Å². The summed E-state index contributed by atoms with van der Waals surface area (Å²) < 4.78 is 0. The summed E-state index contributed by atoms with van der Waals surface area (Å²) in [5.74, 6) is 0. The molecule has 68 valence electrons. The highest BCUT2D eigenvalue weighted by Crippen LogP contribution is 2.09. The fourth-order valence-corrected chi connectivity index (χ4v) is 1.54. The van der Waals surface area contributed by atoms with Gasteiger partial charge in [0.05, 0.1) is 0 Å². The summed E-state index contributed by atoms with van der Waals surface area (Å²) in [4.78, 5) is 4.37. The molecule has 1 heterocycles. The molecule has 0 fully saturated rings. The van der Waals surface area contributed by atoms with Gasteiger partial charge in [0.15, 0.2) is 0 Å². The lowest BCUT2D eigenvalue weighted by molar-refractivity contribution is 0.423. The van der Waals surface area contributed by atoms with Gasteiger partial charge in [0, 0.05) is 23.2 Å². The number of nitrogens with zero attached hydrogens (tertiary/aromatic N) is 1. The van der Waals surface area contributed by atoms with Crippen LogP contribution in [0.1, 0.15) is 31.5 Å². The van der Waals surface area contributed by atoms with Crippen LogP contribution in [0.5, 0.6) is 0 Å². The lowest BCUT2D eigenvalue weighted by Gasteiger charge is -2.19. The topological polar surface area (TPSA) is 24.9 Å². The van der Waals surface area contributed by atoms with E-state index in [1.54, 1.807) is 11.3 Å². The Labute approximate surface area is 78.0 Å². The lowest BCUT2D eigenvalue weighted by atomic mass is 10.1. The van der Waals surface area contributed by atoms with Crippen LogP contribution in [-0.4, -0.2) is 10.5 Å². The quantitative estimate of drug-likeness (QED) is 0.763. The second kappa shape index (κ2) is 3.54. The van der Waals surface area contributed by atoms with Crippen molar-refractivity contribution in [3.05, 3.63) is 16.1 Å². The summed E-state index contributed by atoms with van der Waals surface area (Å²) in [7, 11) is 0. The number of hydrogen-bond donors (Lipinski definition) is 1. The van der Waals surface area contributed by atoms with Crippen LogP contribution in [0.15, 0.2) is 5.38 Å². The largest absolute Gasteiger partial charge is 0.306 e. The number of aromatic nitrogens is 1. The van der Waals surface area contributed by atoms with Gasteiger partial charge in [-0.1, -0.05) is 0 Å². The van der Waals surface area contributed by atoms with Gasteiger partial charge >= 0.3 is 0 Å². The monoisotopic (exact) mass is 184 g/mol. The molecule has 1 aromatic rings. The van der Waals surface area contributed by atoms with Gasteiger partial charge in [-0.05, 0) is 27.7 Å². The van der Waals surface area contributed by atoms with Crippen molar-refractivity contribution in [1.29, 1.82) is 0 Å². The Morgan fingerprint density at radius 1 is 1.50 bits per heavy atom. The average molecular weight is 184 g/mol. The van der Waals surface area contributed by atoms with Crippen LogP contribution < -0.4 is 5.32 Å². The Kier molecular flexibility index (Phi) is 2.85. The second-order valence-electron chi connectivity index (χ2n) is 3.99. The smallest absolute Gasteiger partial charge is 0.107 e. The van der Waals surface area contributed by atoms with E-state index in [2.05, 4.69) is 36.5 Å². The molecule has 0 bridgehead atoms. The number of aryl methyl sites for hydroxylation is 1. The highest BCUT2D eigenvalue weighted by atomic mass is 32.1. The van der Waals surface area contributed by atoms with E-state index in [9.17, 15) is 0 Å². The van der Waals surface area contributed by atoms with E-state index in [1.807, 2.05) is 6.92 Å². The van der Waals surface area contributed by atoms with E-state index in [-0.39, 0.29) is 5.54 Å². The van der Waals surface area contributed by atoms with Crippen LogP contribution in [0.25, 0.3) is 0 Å². The van der Waals surface area contributed by atoms with Crippen LogP contribution >= 0.6 is 11.3 Å². The Bertz CT molecular complexity index is 247. The molecule has 0 radical (unpaired) electrons. The first-order chi connectivity index (χ1) is 5.47. The van der Waals surface area contributed by atoms with E-state index < -0.39 is 0 Å². The van der Waals surface area contributed by atoms with Gasteiger partial charge in [0.25, 0.3) is 0 Å². The van der Waals surface area contributed by atoms with Crippen molar-refractivity contribution in [2.75, 3.05) is 0 Å². The number of rotatable bonds is 2. The molecule has 1 N–H and O–H groups in total. The molecule has 0 aliphatic rings. The first kappa shape index (κ1) is 9.68.